The molecular weight excluding hydrogens is 288 g/mol. The molecule has 1 heterocycles. The average molecular weight is 310 g/mol. The fourth-order valence-corrected chi connectivity index (χ4v) is 3.42. The number of carbonyl (C=O) groups excluding carboxylic acids is 1. The molecule has 0 aromatic heterocycles. The first-order chi connectivity index (χ1) is 9.82. The van der Waals surface area contributed by atoms with Gasteiger partial charge in [0.25, 0.3) is 5.91 Å². The summed E-state index contributed by atoms with van der Waals surface area (Å²) in [5.41, 5.74) is 0.539. The number of rotatable bonds is 3. The molecule has 2 unspecified atom stereocenters. The molecule has 1 aliphatic heterocycles. The lowest BCUT2D eigenvalue weighted by Crippen LogP contribution is -2.49. The van der Waals surface area contributed by atoms with Crippen LogP contribution in [0.3, 0.4) is 0 Å². The lowest BCUT2D eigenvalue weighted by molar-refractivity contribution is 0.0649. The fourth-order valence-electron chi connectivity index (χ4n) is 2.79. The van der Waals surface area contributed by atoms with Crippen molar-refractivity contribution in [1.29, 1.82) is 0 Å². The molecule has 0 bridgehead atoms. The van der Waals surface area contributed by atoms with E-state index in [9.17, 15) is 13.2 Å². The lowest BCUT2D eigenvalue weighted by atomic mass is 9.93. The van der Waals surface area contributed by atoms with Crippen molar-refractivity contribution in [2.75, 3.05) is 26.4 Å². The second kappa shape index (κ2) is 6.15. The number of likely N-dealkylation sites (tertiary alicyclic amines) is 1. The van der Waals surface area contributed by atoms with Crippen LogP contribution in [-0.2, 0) is 9.84 Å². The summed E-state index contributed by atoms with van der Waals surface area (Å²) in [5, 5.41) is 3.27. The highest BCUT2D eigenvalue weighted by Gasteiger charge is 2.28. The van der Waals surface area contributed by atoms with Gasteiger partial charge < -0.3 is 10.2 Å². The Labute approximate surface area is 126 Å². The first kappa shape index (κ1) is 16.0. The van der Waals surface area contributed by atoms with Crippen molar-refractivity contribution >= 4 is 15.7 Å². The second-order valence-electron chi connectivity index (χ2n) is 5.71. The van der Waals surface area contributed by atoms with Gasteiger partial charge in [-0.15, -0.1) is 0 Å². The first-order valence-corrected chi connectivity index (χ1v) is 8.98. The Balaban J connectivity index is 2.11. The van der Waals surface area contributed by atoms with Crippen molar-refractivity contribution in [2.45, 2.75) is 24.3 Å². The van der Waals surface area contributed by atoms with E-state index in [0.29, 0.717) is 17.5 Å². The Hall–Kier alpha value is -1.40. The molecule has 6 heteroatoms. The number of amides is 1. The van der Waals surface area contributed by atoms with Crippen molar-refractivity contribution in [2.24, 2.45) is 5.92 Å². The zero-order chi connectivity index (χ0) is 15.6. The van der Waals surface area contributed by atoms with Gasteiger partial charge in [0.1, 0.15) is 0 Å². The number of nitrogens with one attached hydrogen (secondary N) is 1. The van der Waals surface area contributed by atoms with Crippen LogP contribution in [0.25, 0.3) is 0 Å². The minimum atomic E-state index is -3.22. The predicted molar refractivity (Wildman–Crippen MR) is 82.1 cm³/mol. The van der Waals surface area contributed by atoms with E-state index < -0.39 is 9.84 Å². The summed E-state index contributed by atoms with van der Waals surface area (Å²) in [5.74, 6) is 0.374. The Bertz CT molecular complexity index is 610. The van der Waals surface area contributed by atoms with Crippen LogP contribution >= 0.6 is 0 Å². The van der Waals surface area contributed by atoms with E-state index in [-0.39, 0.29) is 10.8 Å². The number of nitrogens with zero attached hydrogens (tertiary/aromatic N) is 1. The van der Waals surface area contributed by atoms with Gasteiger partial charge in [-0.2, -0.15) is 0 Å². The van der Waals surface area contributed by atoms with Gasteiger partial charge in [0.05, 0.1) is 4.90 Å². The second-order valence-corrected chi connectivity index (χ2v) is 7.72. The maximum absolute atomic E-state index is 12.5. The molecule has 0 radical (unpaired) electrons. The van der Waals surface area contributed by atoms with E-state index in [0.717, 1.165) is 25.8 Å². The van der Waals surface area contributed by atoms with Crippen molar-refractivity contribution in [3.05, 3.63) is 29.8 Å². The van der Waals surface area contributed by atoms with Crippen LogP contribution in [0, 0.1) is 5.92 Å². The zero-order valence-corrected chi connectivity index (χ0v) is 13.5. The molecule has 0 saturated carbocycles. The highest BCUT2D eigenvalue weighted by atomic mass is 32.2. The van der Waals surface area contributed by atoms with Crippen molar-refractivity contribution in [3.8, 4) is 0 Å². The molecule has 1 aliphatic rings. The van der Waals surface area contributed by atoms with Gasteiger partial charge in [-0.3, -0.25) is 4.79 Å². The number of benzene rings is 1. The summed E-state index contributed by atoms with van der Waals surface area (Å²) < 4.78 is 22.9. The third-order valence-corrected chi connectivity index (χ3v) is 5.22. The minimum Gasteiger partial charge on any atom is -0.338 e. The molecule has 116 valence electrons. The van der Waals surface area contributed by atoms with Gasteiger partial charge in [0.2, 0.25) is 0 Å². The fraction of sp³-hybridized carbons (Fsp3) is 0.533. The third-order valence-electron chi connectivity index (χ3n) is 4.09. The number of carbonyl (C=O) groups is 1. The van der Waals surface area contributed by atoms with E-state index in [1.54, 1.807) is 12.1 Å². The molecule has 1 fully saturated rings. The summed E-state index contributed by atoms with van der Waals surface area (Å²) in [4.78, 5) is 14.5. The summed E-state index contributed by atoms with van der Waals surface area (Å²) in [7, 11) is -1.28. The van der Waals surface area contributed by atoms with E-state index >= 15 is 0 Å². The molecule has 0 spiro atoms. The highest BCUT2D eigenvalue weighted by molar-refractivity contribution is 7.90. The van der Waals surface area contributed by atoms with Crippen molar-refractivity contribution < 1.29 is 13.2 Å². The van der Waals surface area contributed by atoms with Crippen LogP contribution in [0.4, 0.5) is 0 Å². The molecule has 21 heavy (non-hydrogen) atoms. The predicted octanol–water partition coefficient (Wildman–Crippen LogP) is 1.16. The molecule has 0 aliphatic carbocycles. The van der Waals surface area contributed by atoms with Crippen LogP contribution in [0.2, 0.25) is 0 Å². The van der Waals surface area contributed by atoms with Crippen molar-refractivity contribution in [1.82, 2.24) is 10.2 Å². The van der Waals surface area contributed by atoms with Gasteiger partial charge in [-0.1, -0.05) is 6.92 Å². The van der Waals surface area contributed by atoms with Crippen LogP contribution < -0.4 is 5.32 Å². The first-order valence-electron chi connectivity index (χ1n) is 7.09. The van der Waals surface area contributed by atoms with Gasteiger partial charge in [-0.25, -0.2) is 8.42 Å². The molecule has 1 saturated heterocycles. The monoisotopic (exact) mass is 310 g/mol. The zero-order valence-electron chi connectivity index (χ0n) is 12.7. The molecule has 1 aromatic rings. The van der Waals surface area contributed by atoms with E-state index in [1.807, 2.05) is 11.9 Å². The molecule has 2 rings (SSSR count). The van der Waals surface area contributed by atoms with E-state index in [2.05, 4.69) is 12.2 Å². The number of hydrogen-bond donors (Lipinski definition) is 1. The Morgan fingerprint density at radius 1 is 1.29 bits per heavy atom. The molecular formula is C15H22N2O3S. The van der Waals surface area contributed by atoms with Gasteiger partial charge >= 0.3 is 0 Å². The maximum Gasteiger partial charge on any atom is 0.253 e. The number of piperidine rings is 1. The SMILES string of the molecule is CNC1CCN(C(=O)c2ccc(S(C)(=O)=O)cc2)CC1C. The summed E-state index contributed by atoms with van der Waals surface area (Å²) in [6.07, 6.45) is 2.10. The van der Waals surface area contributed by atoms with Crippen molar-refractivity contribution in [3.63, 3.8) is 0 Å². The third kappa shape index (κ3) is 3.63. The number of hydrogen-bond acceptors (Lipinski definition) is 4. The van der Waals surface area contributed by atoms with Gasteiger partial charge in [0, 0.05) is 31.0 Å². The molecule has 1 N–H and O–H groups in total. The molecule has 1 amide bonds. The van der Waals surface area contributed by atoms with Gasteiger partial charge in [-0.05, 0) is 43.7 Å². The molecule has 2 atom stereocenters. The maximum atomic E-state index is 12.5. The Morgan fingerprint density at radius 3 is 2.38 bits per heavy atom. The summed E-state index contributed by atoms with van der Waals surface area (Å²) in [6.45, 7) is 3.58. The Kier molecular flexibility index (Phi) is 4.68. The van der Waals surface area contributed by atoms with Crippen LogP contribution in [0.1, 0.15) is 23.7 Å². The quantitative estimate of drug-likeness (QED) is 0.910. The number of sulfone groups is 1. The summed E-state index contributed by atoms with van der Waals surface area (Å²) >= 11 is 0. The van der Waals surface area contributed by atoms with Crippen LogP contribution in [0.5, 0.6) is 0 Å². The van der Waals surface area contributed by atoms with E-state index in [4.69, 9.17) is 0 Å². The lowest BCUT2D eigenvalue weighted by Gasteiger charge is -2.36. The largest absolute Gasteiger partial charge is 0.338 e. The normalized spacial score (nSPS) is 23.1. The average Bonchev–Trinajstić information content (AvgIpc) is 2.45. The molecule has 5 nitrogen and oxygen atoms in total. The van der Waals surface area contributed by atoms with E-state index in [1.165, 1.54) is 12.1 Å². The standard InChI is InChI=1S/C15H22N2O3S/c1-11-10-17(9-8-14(11)16-2)15(18)12-4-6-13(7-5-12)21(3,19)20/h4-7,11,14,16H,8-10H2,1-3H3. The van der Waals surface area contributed by atoms with Gasteiger partial charge in [0.15, 0.2) is 9.84 Å². The van der Waals surface area contributed by atoms with Crippen LogP contribution in [0.15, 0.2) is 29.2 Å². The smallest absolute Gasteiger partial charge is 0.253 e. The molecule has 1 aromatic carbocycles. The minimum absolute atomic E-state index is 0.0311. The Morgan fingerprint density at radius 2 is 1.90 bits per heavy atom. The summed E-state index contributed by atoms with van der Waals surface area (Å²) in [6, 6.07) is 6.61. The highest BCUT2D eigenvalue weighted by Crippen LogP contribution is 2.19. The van der Waals surface area contributed by atoms with Crippen LogP contribution in [-0.4, -0.2) is 51.7 Å². The topological polar surface area (TPSA) is 66.5 Å².